The Morgan fingerprint density at radius 2 is 2.33 bits per heavy atom. The van der Waals surface area contributed by atoms with Crippen LogP contribution in [0, 0.1) is 0 Å². The molecule has 0 bridgehead atoms. The van der Waals surface area contributed by atoms with Gasteiger partial charge in [-0.05, 0) is 18.2 Å². The Bertz CT molecular complexity index is 361. The molecule has 0 unspecified atom stereocenters. The summed E-state index contributed by atoms with van der Waals surface area (Å²) in [4.78, 5) is 0. The third-order valence-electron chi connectivity index (χ3n) is 1.77. The highest BCUT2D eigenvalue weighted by Gasteiger charge is 2.03. The smallest absolute Gasteiger partial charge is 0.128 e. The fraction of sp³-hybridized carbons (Fsp3) is 0.182. The average molecular weight is 207 g/mol. The molecule has 80 valence electrons. The Hall–Kier alpha value is -1.97. The van der Waals surface area contributed by atoms with Gasteiger partial charge in [-0.1, -0.05) is 17.8 Å². The Balaban J connectivity index is 2.97. The van der Waals surface area contributed by atoms with Crippen LogP contribution in [0.2, 0.25) is 0 Å². The van der Waals surface area contributed by atoms with Crippen molar-refractivity contribution in [2.45, 2.75) is 0 Å². The van der Waals surface area contributed by atoms with Crippen LogP contribution in [-0.4, -0.2) is 25.1 Å². The first kappa shape index (κ1) is 11.1. The van der Waals surface area contributed by atoms with Crippen molar-refractivity contribution in [3.05, 3.63) is 36.4 Å². The maximum absolute atomic E-state index is 8.49. The second kappa shape index (κ2) is 5.70. The van der Waals surface area contributed by atoms with Crippen molar-refractivity contribution in [3.63, 3.8) is 0 Å². The largest absolute Gasteiger partial charge is 0.497 e. The summed E-state index contributed by atoms with van der Waals surface area (Å²) in [6, 6.07) is 5.24. The Labute approximate surface area is 88.4 Å². The molecule has 4 nitrogen and oxygen atoms in total. The number of rotatable bonds is 5. The van der Waals surface area contributed by atoms with Crippen LogP contribution >= 0.6 is 0 Å². The predicted molar refractivity (Wildman–Crippen MR) is 58.1 cm³/mol. The van der Waals surface area contributed by atoms with Gasteiger partial charge in [0.05, 0.1) is 13.3 Å². The van der Waals surface area contributed by atoms with E-state index in [1.165, 1.54) is 6.21 Å². The number of methoxy groups -OCH3 is 1. The zero-order valence-corrected chi connectivity index (χ0v) is 8.51. The minimum Gasteiger partial charge on any atom is -0.497 e. The van der Waals surface area contributed by atoms with Crippen LogP contribution in [-0.2, 0) is 0 Å². The first-order valence-electron chi connectivity index (χ1n) is 4.41. The summed E-state index contributed by atoms with van der Waals surface area (Å²) >= 11 is 0. The van der Waals surface area contributed by atoms with Crippen molar-refractivity contribution in [1.29, 1.82) is 0 Å². The Kier molecular flexibility index (Phi) is 4.22. The molecule has 0 spiro atoms. The first-order valence-corrected chi connectivity index (χ1v) is 4.41. The lowest BCUT2D eigenvalue weighted by Crippen LogP contribution is -1.97. The molecular weight excluding hydrogens is 194 g/mol. The van der Waals surface area contributed by atoms with Gasteiger partial charge in [0.1, 0.15) is 18.1 Å². The van der Waals surface area contributed by atoms with E-state index >= 15 is 0 Å². The van der Waals surface area contributed by atoms with E-state index < -0.39 is 0 Å². The summed E-state index contributed by atoms with van der Waals surface area (Å²) in [7, 11) is 1.57. The maximum atomic E-state index is 8.49. The van der Waals surface area contributed by atoms with Crippen LogP contribution in [0.15, 0.2) is 36.0 Å². The fourth-order valence-corrected chi connectivity index (χ4v) is 1.10. The minimum absolute atomic E-state index is 0.401. The summed E-state index contributed by atoms with van der Waals surface area (Å²) in [5.74, 6) is 1.30. The number of oxime groups is 1. The number of hydrogen-bond donors (Lipinski definition) is 1. The zero-order valence-electron chi connectivity index (χ0n) is 8.51. The van der Waals surface area contributed by atoms with Crippen molar-refractivity contribution in [1.82, 2.24) is 0 Å². The molecule has 15 heavy (non-hydrogen) atoms. The summed E-state index contributed by atoms with van der Waals surface area (Å²) < 4.78 is 10.4. The molecule has 0 atom stereocenters. The lowest BCUT2D eigenvalue weighted by Gasteiger charge is -2.08. The Morgan fingerprint density at radius 3 is 2.93 bits per heavy atom. The van der Waals surface area contributed by atoms with Crippen LogP contribution in [0.1, 0.15) is 5.56 Å². The molecule has 0 radical (unpaired) electrons. The van der Waals surface area contributed by atoms with Crippen LogP contribution in [0.3, 0.4) is 0 Å². The molecule has 1 aromatic rings. The first-order chi connectivity index (χ1) is 7.31. The molecule has 0 aliphatic carbocycles. The molecule has 0 amide bonds. The van der Waals surface area contributed by atoms with E-state index in [-0.39, 0.29) is 0 Å². The minimum atomic E-state index is 0.401. The number of benzene rings is 1. The van der Waals surface area contributed by atoms with Gasteiger partial charge in [-0.2, -0.15) is 0 Å². The van der Waals surface area contributed by atoms with Crippen molar-refractivity contribution >= 4 is 6.21 Å². The SMILES string of the molecule is C=CCOc1ccc(OC)cc1/C=N/O. The van der Waals surface area contributed by atoms with E-state index in [0.717, 1.165) is 0 Å². The highest BCUT2D eigenvalue weighted by molar-refractivity contribution is 5.83. The zero-order chi connectivity index (χ0) is 11.1. The summed E-state index contributed by atoms with van der Waals surface area (Å²) in [6.07, 6.45) is 2.94. The molecule has 0 saturated carbocycles. The molecule has 0 heterocycles. The standard InChI is InChI=1S/C11H13NO3/c1-3-6-15-11-5-4-10(14-2)7-9(11)8-12-13/h3-5,7-8,13H,1,6H2,2H3/b12-8+. The molecule has 1 rings (SSSR count). The quantitative estimate of drug-likeness (QED) is 0.348. The van der Waals surface area contributed by atoms with Crippen molar-refractivity contribution in [3.8, 4) is 11.5 Å². The second-order valence-corrected chi connectivity index (χ2v) is 2.75. The van der Waals surface area contributed by atoms with E-state index in [1.54, 1.807) is 31.4 Å². The van der Waals surface area contributed by atoms with Gasteiger partial charge >= 0.3 is 0 Å². The molecular formula is C11H13NO3. The molecule has 0 aliphatic heterocycles. The number of ether oxygens (including phenoxy) is 2. The van der Waals surface area contributed by atoms with E-state index in [2.05, 4.69) is 11.7 Å². The lowest BCUT2D eigenvalue weighted by molar-refractivity contribution is 0.321. The monoisotopic (exact) mass is 207 g/mol. The highest BCUT2D eigenvalue weighted by atomic mass is 16.5. The Morgan fingerprint density at radius 1 is 1.53 bits per heavy atom. The van der Waals surface area contributed by atoms with Crippen molar-refractivity contribution in [2.24, 2.45) is 5.16 Å². The van der Waals surface area contributed by atoms with Gasteiger partial charge in [0.15, 0.2) is 0 Å². The van der Waals surface area contributed by atoms with Gasteiger partial charge in [0, 0.05) is 5.56 Å². The predicted octanol–water partition coefficient (Wildman–Crippen LogP) is 2.07. The van der Waals surface area contributed by atoms with Crippen LogP contribution in [0.5, 0.6) is 11.5 Å². The molecule has 0 saturated heterocycles. The van der Waals surface area contributed by atoms with Gasteiger partial charge < -0.3 is 14.7 Å². The number of hydrogen-bond acceptors (Lipinski definition) is 4. The van der Waals surface area contributed by atoms with Gasteiger partial charge in [0.25, 0.3) is 0 Å². The van der Waals surface area contributed by atoms with E-state index in [1.807, 2.05) is 0 Å². The third kappa shape index (κ3) is 3.02. The van der Waals surface area contributed by atoms with Crippen molar-refractivity contribution in [2.75, 3.05) is 13.7 Å². The van der Waals surface area contributed by atoms with Gasteiger partial charge in [-0.25, -0.2) is 0 Å². The van der Waals surface area contributed by atoms with Crippen LogP contribution in [0.4, 0.5) is 0 Å². The van der Waals surface area contributed by atoms with Gasteiger partial charge in [0.2, 0.25) is 0 Å². The molecule has 1 aromatic carbocycles. The summed E-state index contributed by atoms with van der Waals surface area (Å²) in [5.41, 5.74) is 0.652. The lowest BCUT2D eigenvalue weighted by atomic mass is 10.2. The molecule has 0 fully saturated rings. The molecule has 4 heteroatoms. The van der Waals surface area contributed by atoms with E-state index in [0.29, 0.717) is 23.7 Å². The third-order valence-corrected chi connectivity index (χ3v) is 1.77. The average Bonchev–Trinajstić information content (AvgIpc) is 2.27. The topological polar surface area (TPSA) is 51.0 Å². The van der Waals surface area contributed by atoms with E-state index in [9.17, 15) is 0 Å². The second-order valence-electron chi connectivity index (χ2n) is 2.75. The van der Waals surface area contributed by atoms with Crippen molar-refractivity contribution < 1.29 is 14.7 Å². The maximum Gasteiger partial charge on any atom is 0.128 e. The summed E-state index contributed by atoms with van der Waals surface area (Å²) in [6.45, 7) is 3.95. The van der Waals surface area contributed by atoms with E-state index in [4.69, 9.17) is 14.7 Å². The fourth-order valence-electron chi connectivity index (χ4n) is 1.10. The molecule has 1 N–H and O–H groups in total. The van der Waals surface area contributed by atoms with Gasteiger partial charge in [-0.15, -0.1) is 0 Å². The summed E-state index contributed by atoms with van der Waals surface area (Å²) in [5, 5.41) is 11.4. The molecule has 0 aromatic heterocycles. The molecule has 0 aliphatic rings. The number of nitrogens with zero attached hydrogens (tertiary/aromatic N) is 1. The normalized spacial score (nSPS) is 10.2. The highest BCUT2D eigenvalue weighted by Crippen LogP contribution is 2.22. The van der Waals surface area contributed by atoms with Crippen LogP contribution in [0.25, 0.3) is 0 Å². The van der Waals surface area contributed by atoms with Gasteiger partial charge in [-0.3, -0.25) is 0 Å². The van der Waals surface area contributed by atoms with Crippen LogP contribution < -0.4 is 9.47 Å².